The van der Waals surface area contributed by atoms with E-state index in [2.05, 4.69) is 4.98 Å². The summed E-state index contributed by atoms with van der Waals surface area (Å²) in [5.41, 5.74) is -0.616. The number of alkyl halides is 3. The number of benzene rings is 1. The van der Waals surface area contributed by atoms with E-state index in [-0.39, 0.29) is 5.52 Å². The Bertz CT molecular complexity index is 545. The number of aromatic nitrogens is 1. The number of pyridine rings is 1. The Morgan fingerprint density at radius 1 is 1.12 bits per heavy atom. The van der Waals surface area contributed by atoms with E-state index in [0.717, 1.165) is 12.1 Å². The fourth-order valence-electron chi connectivity index (χ4n) is 1.42. The molecular weight excluding hydrogens is 222 g/mol. The van der Waals surface area contributed by atoms with Crippen LogP contribution in [0.15, 0.2) is 24.3 Å². The minimum absolute atomic E-state index is 0.0120. The van der Waals surface area contributed by atoms with Crippen molar-refractivity contribution in [3.63, 3.8) is 0 Å². The predicted octanol–water partition coefficient (Wildman–Crippen LogP) is 3.70. The van der Waals surface area contributed by atoms with Gasteiger partial charge in [-0.1, -0.05) is 6.07 Å². The highest BCUT2D eigenvalue weighted by Crippen LogP contribution is 2.29. The van der Waals surface area contributed by atoms with Gasteiger partial charge in [0, 0.05) is 11.5 Å². The van der Waals surface area contributed by atoms with Gasteiger partial charge >= 0.3 is 6.18 Å². The first-order chi connectivity index (χ1) is 7.38. The zero-order valence-corrected chi connectivity index (χ0v) is 8.27. The third-order valence-corrected chi connectivity index (χ3v) is 2.26. The molecule has 5 heteroatoms. The van der Waals surface area contributed by atoms with E-state index in [0.29, 0.717) is 10.9 Å². The maximum atomic E-state index is 13.2. The molecule has 0 radical (unpaired) electrons. The average Bonchev–Trinajstić information content (AvgIpc) is 2.17. The molecule has 1 aromatic heterocycles. The van der Waals surface area contributed by atoms with Crippen molar-refractivity contribution < 1.29 is 17.6 Å². The standard InChI is InChI=1S/C11H7F4N/c1-6-4-7-2-3-10(11(13,14)15)16-9(7)5-8(6)12/h2-5H,1H3. The summed E-state index contributed by atoms with van der Waals surface area (Å²) in [7, 11) is 0. The largest absolute Gasteiger partial charge is 0.433 e. The lowest BCUT2D eigenvalue weighted by Crippen LogP contribution is -2.07. The van der Waals surface area contributed by atoms with E-state index < -0.39 is 17.7 Å². The molecule has 0 aliphatic carbocycles. The molecular formula is C11H7F4N. The highest BCUT2D eigenvalue weighted by atomic mass is 19.4. The maximum absolute atomic E-state index is 13.2. The summed E-state index contributed by atoms with van der Waals surface area (Å²) < 4.78 is 50.2. The summed E-state index contributed by atoms with van der Waals surface area (Å²) in [6, 6.07) is 4.66. The Labute approximate surface area is 88.7 Å². The summed E-state index contributed by atoms with van der Waals surface area (Å²) >= 11 is 0. The molecule has 0 N–H and O–H groups in total. The van der Waals surface area contributed by atoms with Crippen molar-refractivity contribution in [2.24, 2.45) is 0 Å². The number of aryl methyl sites for hydroxylation is 1. The summed E-state index contributed by atoms with van der Waals surface area (Å²) in [5.74, 6) is -0.556. The fourth-order valence-corrected chi connectivity index (χ4v) is 1.42. The molecule has 0 saturated heterocycles. The van der Waals surface area contributed by atoms with Crippen LogP contribution >= 0.6 is 0 Å². The Kier molecular flexibility index (Phi) is 2.33. The number of rotatable bonds is 0. The molecule has 0 aliphatic heterocycles. The highest BCUT2D eigenvalue weighted by molar-refractivity contribution is 5.79. The number of hydrogen-bond acceptors (Lipinski definition) is 1. The lowest BCUT2D eigenvalue weighted by Gasteiger charge is -2.07. The third kappa shape index (κ3) is 1.85. The number of hydrogen-bond donors (Lipinski definition) is 0. The second-order valence-corrected chi connectivity index (χ2v) is 3.49. The van der Waals surface area contributed by atoms with Gasteiger partial charge < -0.3 is 0 Å². The molecule has 0 atom stereocenters. The van der Waals surface area contributed by atoms with E-state index >= 15 is 0 Å². The van der Waals surface area contributed by atoms with E-state index in [1.165, 1.54) is 12.1 Å². The molecule has 2 aromatic rings. The number of fused-ring (bicyclic) bond motifs is 1. The van der Waals surface area contributed by atoms with Crippen molar-refractivity contribution in [2.75, 3.05) is 0 Å². The Hall–Kier alpha value is -1.65. The minimum atomic E-state index is -4.50. The zero-order chi connectivity index (χ0) is 11.9. The van der Waals surface area contributed by atoms with Crippen molar-refractivity contribution in [1.29, 1.82) is 0 Å². The van der Waals surface area contributed by atoms with Gasteiger partial charge in [0.05, 0.1) is 5.52 Å². The Morgan fingerprint density at radius 2 is 1.81 bits per heavy atom. The molecule has 0 spiro atoms. The normalized spacial score (nSPS) is 12.1. The number of nitrogens with zero attached hydrogens (tertiary/aromatic N) is 1. The van der Waals surface area contributed by atoms with Crippen LogP contribution in [-0.2, 0) is 6.18 Å². The molecule has 0 unspecified atom stereocenters. The van der Waals surface area contributed by atoms with Gasteiger partial charge in [0.25, 0.3) is 0 Å². The van der Waals surface area contributed by atoms with E-state index in [1.54, 1.807) is 6.92 Å². The van der Waals surface area contributed by atoms with Crippen LogP contribution < -0.4 is 0 Å². The van der Waals surface area contributed by atoms with Gasteiger partial charge in [-0.2, -0.15) is 13.2 Å². The second kappa shape index (κ2) is 3.43. The molecule has 1 heterocycles. The Balaban J connectivity index is 2.67. The van der Waals surface area contributed by atoms with E-state index in [9.17, 15) is 17.6 Å². The van der Waals surface area contributed by atoms with Gasteiger partial charge in [-0.25, -0.2) is 9.37 Å². The summed E-state index contributed by atoms with van der Waals surface area (Å²) in [6.45, 7) is 1.55. The van der Waals surface area contributed by atoms with Crippen molar-refractivity contribution in [2.45, 2.75) is 13.1 Å². The molecule has 0 fully saturated rings. The van der Waals surface area contributed by atoms with Crippen molar-refractivity contribution in [3.05, 3.63) is 41.3 Å². The predicted molar refractivity (Wildman–Crippen MR) is 51.4 cm³/mol. The molecule has 84 valence electrons. The van der Waals surface area contributed by atoms with Gasteiger partial charge in [-0.05, 0) is 24.6 Å². The molecule has 0 amide bonds. The lowest BCUT2D eigenvalue weighted by atomic mass is 10.1. The van der Waals surface area contributed by atoms with Crippen LogP contribution in [0.4, 0.5) is 17.6 Å². The van der Waals surface area contributed by atoms with Crippen LogP contribution in [0.3, 0.4) is 0 Å². The van der Waals surface area contributed by atoms with Crippen molar-refractivity contribution in [1.82, 2.24) is 4.98 Å². The molecule has 2 rings (SSSR count). The van der Waals surface area contributed by atoms with Gasteiger partial charge in [0.2, 0.25) is 0 Å². The highest BCUT2D eigenvalue weighted by Gasteiger charge is 2.32. The van der Waals surface area contributed by atoms with Crippen LogP contribution in [0.2, 0.25) is 0 Å². The van der Waals surface area contributed by atoms with E-state index in [1.807, 2.05) is 0 Å². The van der Waals surface area contributed by atoms with Gasteiger partial charge in [-0.15, -0.1) is 0 Å². The van der Waals surface area contributed by atoms with Gasteiger partial charge in [-0.3, -0.25) is 0 Å². The SMILES string of the molecule is Cc1cc2ccc(C(F)(F)F)nc2cc1F. The molecule has 16 heavy (non-hydrogen) atoms. The first-order valence-electron chi connectivity index (χ1n) is 4.52. The first-order valence-corrected chi connectivity index (χ1v) is 4.52. The summed E-state index contributed by atoms with van der Waals surface area (Å²) in [5, 5.41) is 0.493. The molecule has 1 aromatic carbocycles. The monoisotopic (exact) mass is 229 g/mol. The molecule has 0 bridgehead atoms. The van der Waals surface area contributed by atoms with Gasteiger partial charge in [0.15, 0.2) is 0 Å². The zero-order valence-electron chi connectivity index (χ0n) is 8.27. The number of halogens is 4. The topological polar surface area (TPSA) is 12.9 Å². The van der Waals surface area contributed by atoms with Crippen molar-refractivity contribution >= 4 is 10.9 Å². The van der Waals surface area contributed by atoms with Gasteiger partial charge in [0.1, 0.15) is 11.5 Å². The maximum Gasteiger partial charge on any atom is 0.433 e. The molecule has 1 nitrogen and oxygen atoms in total. The smallest absolute Gasteiger partial charge is 0.243 e. The van der Waals surface area contributed by atoms with E-state index in [4.69, 9.17) is 0 Å². The quantitative estimate of drug-likeness (QED) is 0.627. The fraction of sp³-hybridized carbons (Fsp3) is 0.182. The summed E-state index contributed by atoms with van der Waals surface area (Å²) in [4.78, 5) is 3.38. The molecule has 0 saturated carbocycles. The van der Waals surface area contributed by atoms with Crippen LogP contribution in [0.1, 0.15) is 11.3 Å². The third-order valence-electron chi connectivity index (χ3n) is 2.26. The molecule has 0 aliphatic rings. The van der Waals surface area contributed by atoms with Crippen LogP contribution in [-0.4, -0.2) is 4.98 Å². The van der Waals surface area contributed by atoms with Crippen LogP contribution in [0, 0.1) is 12.7 Å². The van der Waals surface area contributed by atoms with Crippen LogP contribution in [0.25, 0.3) is 10.9 Å². The Morgan fingerprint density at radius 3 is 2.44 bits per heavy atom. The summed E-state index contributed by atoms with van der Waals surface area (Å²) in [6.07, 6.45) is -4.50. The van der Waals surface area contributed by atoms with Crippen molar-refractivity contribution in [3.8, 4) is 0 Å². The van der Waals surface area contributed by atoms with Crippen LogP contribution in [0.5, 0.6) is 0 Å². The second-order valence-electron chi connectivity index (χ2n) is 3.49. The first kappa shape index (κ1) is 10.9. The lowest BCUT2D eigenvalue weighted by molar-refractivity contribution is -0.140. The minimum Gasteiger partial charge on any atom is -0.243 e. The average molecular weight is 229 g/mol.